The molecule has 1 aromatic carbocycles. The van der Waals surface area contributed by atoms with Crippen molar-refractivity contribution >= 4 is 17.5 Å². The van der Waals surface area contributed by atoms with Gasteiger partial charge in [-0.1, -0.05) is 44.2 Å². The van der Waals surface area contributed by atoms with Gasteiger partial charge in [-0.05, 0) is 22.6 Å². The third-order valence-electron chi connectivity index (χ3n) is 5.52. The molecule has 130 valence electrons. The molecule has 5 heteroatoms. The van der Waals surface area contributed by atoms with Gasteiger partial charge in [0.15, 0.2) is 5.41 Å². The number of nitrogens with zero attached hydrogens (tertiary/aromatic N) is 3. The van der Waals surface area contributed by atoms with Crippen LogP contribution in [0, 0.1) is 56.7 Å². The fraction of sp³-hybridized carbons (Fsp3) is 0.429. The fourth-order valence-electron chi connectivity index (χ4n) is 4.08. The second kappa shape index (κ2) is 6.99. The molecular formula is C21H20N4S. The third-order valence-corrected chi connectivity index (χ3v) is 6.52. The zero-order valence-corrected chi connectivity index (χ0v) is 15.7. The number of thioether (sulfide) groups is 1. The number of fused-ring (bicyclic) bond motifs is 1. The summed E-state index contributed by atoms with van der Waals surface area (Å²) in [6, 6.07) is 14.5. The van der Waals surface area contributed by atoms with E-state index in [0.29, 0.717) is 5.92 Å². The molecule has 1 heterocycles. The molecule has 0 spiro atoms. The van der Waals surface area contributed by atoms with Crippen LogP contribution in [0.5, 0.6) is 0 Å². The van der Waals surface area contributed by atoms with Gasteiger partial charge in [-0.3, -0.25) is 0 Å². The third kappa shape index (κ3) is 2.63. The van der Waals surface area contributed by atoms with Gasteiger partial charge in [-0.15, -0.1) is 0 Å². The van der Waals surface area contributed by atoms with Crippen molar-refractivity contribution in [2.24, 2.45) is 17.3 Å². The molecule has 3 atom stereocenters. The van der Waals surface area contributed by atoms with E-state index in [1.165, 1.54) is 5.56 Å². The summed E-state index contributed by atoms with van der Waals surface area (Å²) in [7, 11) is 0. The highest BCUT2D eigenvalue weighted by Crippen LogP contribution is 2.54. The zero-order chi connectivity index (χ0) is 18.9. The Kier molecular flexibility index (Phi) is 4.90. The predicted molar refractivity (Wildman–Crippen MR) is 103 cm³/mol. The molecule has 0 saturated heterocycles. The molecule has 0 radical (unpaired) electrons. The van der Waals surface area contributed by atoms with Crippen LogP contribution in [0.15, 0.2) is 35.9 Å². The van der Waals surface area contributed by atoms with Gasteiger partial charge in [0.2, 0.25) is 0 Å². The molecule has 1 saturated carbocycles. The van der Waals surface area contributed by atoms with E-state index >= 15 is 0 Å². The van der Waals surface area contributed by atoms with Gasteiger partial charge in [0.1, 0.15) is 5.92 Å². The second-order valence-electron chi connectivity index (χ2n) is 7.15. The lowest BCUT2D eigenvalue weighted by Gasteiger charge is -2.45. The Morgan fingerprint density at radius 3 is 2.35 bits per heavy atom. The molecule has 1 aliphatic carbocycles. The quantitative estimate of drug-likeness (QED) is 0.791. The number of nitriles is 3. The van der Waals surface area contributed by atoms with Crippen LogP contribution in [0.1, 0.15) is 36.8 Å². The van der Waals surface area contributed by atoms with Gasteiger partial charge in [0, 0.05) is 23.3 Å². The van der Waals surface area contributed by atoms with Crippen molar-refractivity contribution < 1.29 is 0 Å². The van der Waals surface area contributed by atoms with Gasteiger partial charge in [-0.2, -0.15) is 27.5 Å². The number of allylic oxidation sites excluding steroid dienone is 1. The molecule has 4 nitrogen and oxygen atoms in total. The van der Waals surface area contributed by atoms with E-state index in [0.717, 1.165) is 22.6 Å². The Hall–Kier alpha value is -2.55. The summed E-state index contributed by atoms with van der Waals surface area (Å²) < 4.78 is 0. The van der Waals surface area contributed by atoms with E-state index in [2.05, 4.69) is 32.1 Å². The first kappa shape index (κ1) is 18.2. The topological polar surface area (TPSA) is 95.2 Å². The molecule has 26 heavy (non-hydrogen) atoms. The Bertz CT molecular complexity index is 863. The Labute approximate surface area is 158 Å². The molecule has 1 N–H and O–H groups in total. The summed E-state index contributed by atoms with van der Waals surface area (Å²) in [5.74, 6) is 0.702. The molecule has 3 rings (SSSR count). The molecule has 0 amide bonds. The van der Waals surface area contributed by atoms with E-state index in [4.69, 9.17) is 5.41 Å². The highest BCUT2D eigenvalue weighted by Gasteiger charge is 2.57. The monoisotopic (exact) mass is 360 g/mol. The van der Waals surface area contributed by atoms with Crippen LogP contribution in [0.4, 0.5) is 0 Å². The van der Waals surface area contributed by atoms with Crippen molar-refractivity contribution in [2.45, 2.75) is 25.7 Å². The van der Waals surface area contributed by atoms with Gasteiger partial charge >= 0.3 is 0 Å². The smallest absolute Gasteiger partial charge is 0.189 e. The summed E-state index contributed by atoms with van der Waals surface area (Å²) in [4.78, 5) is 0. The number of rotatable bonds is 2. The minimum Gasteiger partial charge on any atom is -0.305 e. The number of nitrogens with one attached hydrogen (secondary N) is 1. The minimum absolute atomic E-state index is 0.0719. The lowest BCUT2D eigenvalue weighted by Crippen LogP contribution is -2.49. The number of hydrogen-bond donors (Lipinski definition) is 1. The summed E-state index contributed by atoms with van der Waals surface area (Å²) in [6.07, 6.45) is 2.02. The molecule has 1 aliphatic heterocycles. The predicted octanol–water partition coefficient (Wildman–Crippen LogP) is 4.39. The van der Waals surface area contributed by atoms with Crippen LogP contribution in [0.2, 0.25) is 0 Å². The van der Waals surface area contributed by atoms with Crippen molar-refractivity contribution in [2.75, 3.05) is 11.5 Å². The summed E-state index contributed by atoms with van der Waals surface area (Å²) in [6.45, 7) is 4.24. The lowest BCUT2D eigenvalue weighted by atomic mass is 9.55. The van der Waals surface area contributed by atoms with E-state index in [-0.39, 0.29) is 11.6 Å². The van der Waals surface area contributed by atoms with Gasteiger partial charge < -0.3 is 5.41 Å². The zero-order valence-electron chi connectivity index (χ0n) is 14.9. The maximum atomic E-state index is 9.94. The molecule has 0 aromatic heterocycles. The first-order valence-electron chi connectivity index (χ1n) is 8.68. The first-order valence-corrected chi connectivity index (χ1v) is 9.84. The fourth-order valence-corrected chi connectivity index (χ4v) is 5.16. The van der Waals surface area contributed by atoms with Crippen LogP contribution in [-0.2, 0) is 0 Å². The summed E-state index contributed by atoms with van der Waals surface area (Å²) in [5, 5.41) is 38.1. The highest BCUT2D eigenvalue weighted by atomic mass is 32.2. The van der Waals surface area contributed by atoms with Crippen LogP contribution < -0.4 is 0 Å². The molecule has 0 bridgehead atoms. The normalized spacial score (nSPS) is 26.8. The second-order valence-corrected chi connectivity index (χ2v) is 8.23. The number of hydrogen-bond acceptors (Lipinski definition) is 5. The lowest BCUT2D eigenvalue weighted by molar-refractivity contribution is 0.378. The Balaban J connectivity index is 2.19. The first-order chi connectivity index (χ1) is 12.5. The molecule has 2 aliphatic rings. The molecular weight excluding hydrogens is 340 g/mol. The summed E-state index contributed by atoms with van der Waals surface area (Å²) >= 11 is 1.75. The SMILES string of the molecule is CC(C)c1ccc([C@@H]2[C@@H]3CSCC=C3[C@H](C#N)C(=N)C2(C#N)C#N)cc1. The minimum atomic E-state index is -1.60. The van der Waals surface area contributed by atoms with E-state index in [9.17, 15) is 15.8 Å². The van der Waals surface area contributed by atoms with Crippen LogP contribution >= 0.6 is 11.8 Å². The van der Waals surface area contributed by atoms with Crippen molar-refractivity contribution in [3.63, 3.8) is 0 Å². The van der Waals surface area contributed by atoms with Gasteiger partial charge in [-0.25, -0.2) is 0 Å². The van der Waals surface area contributed by atoms with Crippen molar-refractivity contribution in [1.29, 1.82) is 21.2 Å². The maximum absolute atomic E-state index is 9.94. The summed E-state index contributed by atoms with van der Waals surface area (Å²) in [5.41, 5.74) is 1.34. The van der Waals surface area contributed by atoms with Crippen LogP contribution in [0.25, 0.3) is 0 Å². The molecule has 0 unspecified atom stereocenters. The Morgan fingerprint density at radius 2 is 1.81 bits per heavy atom. The molecule has 1 fully saturated rings. The van der Waals surface area contributed by atoms with Crippen molar-refractivity contribution in [3.05, 3.63) is 47.0 Å². The number of benzene rings is 1. The van der Waals surface area contributed by atoms with E-state index < -0.39 is 17.3 Å². The average molecular weight is 360 g/mol. The van der Waals surface area contributed by atoms with Gasteiger partial charge in [0.25, 0.3) is 0 Å². The van der Waals surface area contributed by atoms with E-state index in [1.807, 2.05) is 30.3 Å². The van der Waals surface area contributed by atoms with Gasteiger partial charge in [0.05, 0.1) is 23.9 Å². The van der Waals surface area contributed by atoms with Crippen LogP contribution in [0.3, 0.4) is 0 Å². The standard InChI is InChI=1S/C21H20N4S/c1-13(2)14-3-5-15(6-4-14)19-18-10-26-8-7-16(18)17(9-22)20(25)21(19,11-23)12-24/h3-7,13,17-19,25H,8,10H2,1-2H3/t17-,18+,19+/m0/s1. The maximum Gasteiger partial charge on any atom is 0.189 e. The molecule has 1 aromatic rings. The van der Waals surface area contributed by atoms with Crippen LogP contribution in [-0.4, -0.2) is 17.2 Å². The van der Waals surface area contributed by atoms with Crippen molar-refractivity contribution in [3.8, 4) is 18.2 Å². The Morgan fingerprint density at radius 1 is 1.15 bits per heavy atom. The van der Waals surface area contributed by atoms with Crippen molar-refractivity contribution in [1.82, 2.24) is 0 Å². The van der Waals surface area contributed by atoms with E-state index in [1.54, 1.807) is 11.8 Å². The largest absolute Gasteiger partial charge is 0.305 e. The average Bonchev–Trinajstić information content (AvgIpc) is 2.67. The highest BCUT2D eigenvalue weighted by molar-refractivity contribution is 7.99.